The molecule has 0 saturated heterocycles. The van der Waals surface area contributed by atoms with E-state index < -0.39 is 16.5 Å². The highest BCUT2D eigenvalue weighted by Crippen LogP contribution is 2.30. The van der Waals surface area contributed by atoms with E-state index in [-0.39, 0.29) is 18.9 Å². The highest BCUT2D eigenvalue weighted by Gasteiger charge is 2.16. The third-order valence-corrected chi connectivity index (χ3v) is 4.88. The van der Waals surface area contributed by atoms with E-state index in [2.05, 4.69) is 31.9 Å². The Morgan fingerprint density at radius 2 is 1.79 bits per heavy atom. The van der Waals surface area contributed by atoms with Gasteiger partial charge in [-0.05, 0) is 44.0 Å². The lowest BCUT2D eigenvalue weighted by Gasteiger charge is -2.19. The third-order valence-electron chi connectivity index (χ3n) is 3.57. The summed E-state index contributed by atoms with van der Waals surface area (Å²) in [6, 6.07) is 10.2. The van der Waals surface area contributed by atoms with Crippen LogP contribution >= 0.6 is 31.9 Å². The number of hydrogen-bond acceptors (Lipinski definition) is 5. The van der Waals surface area contributed by atoms with E-state index in [1.165, 1.54) is 12.1 Å². The lowest BCUT2D eigenvalue weighted by molar-refractivity contribution is -0.384. The van der Waals surface area contributed by atoms with Crippen molar-refractivity contribution in [1.29, 1.82) is 0 Å². The monoisotopic (exact) mass is 525 g/mol. The Hall–Kier alpha value is -2.03. The number of hydrogen-bond donors (Lipinski definition) is 0. The fourth-order valence-corrected chi connectivity index (χ4v) is 3.97. The Morgan fingerprint density at radius 1 is 1.14 bits per heavy atom. The number of halogens is 2. The van der Waals surface area contributed by atoms with E-state index in [1.54, 1.807) is 39.0 Å². The largest absolute Gasteiger partial charge is 0.458 e. The molecular weight excluding hydrogens is 506 g/mol. The average Bonchev–Trinajstić information content (AvgIpc) is 2.59. The van der Waals surface area contributed by atoms with Gasteiger partial charge in [-0.25, -0.2) is 4.79 Å². The van der Waals surface area contributed by atoms with Crippen molar-refractivity contribution in [1.82, 2.24) is 0 Å². The van der Waals surface area contributed by atoms with Gasteiger partial charge in [-0.3, -0.25) is 10.1 Å². The first-order valence-corrected chi connectivity index (χ1v) is 10.3. The van der Waals surface area contributed by atoms with E-state index in [0.717, 1.165) is 25.6 Å². The van der Waals surface area contributed by atoms with Gasteiger partial charge in [-0.2, -0.15) is 0 Å². The van der Waals surface area contributed by atoms with E-state index in [9.17, 15) is 14.9 Å². The van der Waals surface area contributed by atoms with Gasteiger partial charge in [0.15, 0.2) is 0 Å². The van der Waals surface area contributed by atoms with E-state index in [4.69, 9.17) is 9.47 Å². The summed E-state index contributed by atoms with van der Waals surface area (Å²) in [4.78, 5) is 22.2. The molecule has 0 amide bonds. The molecule has 29 heavy (non-hydrogen) atoms. The maximum atomic E-state index is 11.7. The van der Waals surface area contributed by atoms with Crippen molar-refractivity contribution in [2.75, 3.05) is 6.61 Å². The molecule has 154 valence electrons. The molecular formula is C21H21Br2NO5. The highest BCUT2D eigenvalue weighted by molar-refractivity contribution is 9.11. The molecule has 0 heterocycles. The zero-order valence-corrected chi connectivity index (χ0v) is 19.4. The van der Waals surface area contributed by atoms with Gasteiger partial charge < -0.3 is 9.47 Å². The molecule has 0 aliphatic heterocycles. The summed E-state index contributed by atoms with van der Waals surface area (Å²) in [5.74, 6) is -0.410. The number of esters is 1. The molecule has 0 atom stereocenters. The van der Waals surface area contributed by atoms with Crippen molar-refractivity contribution in [3.8, 4) is 0 Å². The fraction of sp³-hybridized carbons (Fsp3) is 0.286. The molecule has 2 aromatic carbocycles. The number of nitro groups is 1. The van der Waals surface area contributed by atoms with Crippen molar-refractivity contribution in [2.45, 2.75) is 33.0 Å². The molecule has 0 unspecified atom stereocenters. The summed E-state index contributed by atoms with van der Waals surface area (Å²) < 4.78 is 12.3. The second-order valence-electron chi connectivity index (χ2n) is 7.24. The van der Waals surface area contributed by atoms with Crippen molar-refractivity contribution in [3.63, 3.8) is 0 Å². The van der Waals surface area contributed by atoms with Crippen LogP contribution in [0.25, 0.3) is 12.2 Å². The second kappa shape index (κ2) is 10.1. The fourth-order valence-electron chi connectivity index (χ4n) is 2.42. The van der Waals surface area contributed by atoms with E-state index >= 15 is 0 Å². The standard InChI is InChI=1S/C21H21Br2NO5/c1-21(2,3)29-20(25)13-28-12-15-10-18(22)17(19(23)11-15)8-7-14-5-4-6-16(9-14)24(26)27/h4-11H,12-13H2,1-3H3/b8-7+. The van der Waals surface area contributed by atoms with Crippen LogP contribution in [-0.2, 0) is 20.9 Å². The van der Waals surface area contributed by atoms with Crippen LogP contribution in [0.4, 0.5) is 5.69 Å². The number of nitrogens with zero attached hydrogens (tertiary/aromatic N) is 1. The molecule has 0 aliphatic carbocycles. The van der Waals surface area contributed by atoms with Gasteiger partial charge in [0.2, 0.25) is 0 Å². The first-order chi connectivity index (χ1) is 13.5. The van der Waals surface area contributed by atoms with Gasteiger partial charge in [0.05, 0.1) is 11.5 Å². The van der Waals surface area contributed by atoms with Crippen LogP contribution in [0.15, 0.2) is 45.3 Å². The predicted molar refractivity (Wildman–Crippen MR) is 119 cm³/mol. The Labute approximate surface area is 186 Å². The van der Waals surface area contributed by atoms with Gasteiger partial charge in [0, 0.05) is 26.6 Å². The second-order valence-corrected chi connectivity index (χ2v) is 8.95. The quantitative estimate of drug-likeness (QED) is 0.187. The molecule has 2 aromatic rings. The molecule has 0 N–H and O–H groups in total. The molecule has 0 radical (unpaired) electrons. The summed E-state index contributed by atoms with van der Waals surface area (Å²) in [7, 11) is 0. The minimum Gasteiger partial charge on any atom is -0.458 e. The summed E-state index contributed by atoms with van der Waals surface area (Å²) in [6.45, 7) is 5.54. The van der Waals surface area contributed by atoms with Gasteiger partial charge >= 0.3 is 5.97 Å². The Kier molecular flexibility index (Phi) is 8.13. The molecule has 0 aliphatic rings. The number of ether oxygens (including phenoxy) is 2. The van der Waals surface area contributed by atoms with E-state index in [0.29, 0.717) is 0 Å². The topological polar surface area (TPSA) is 78.7 Å². The molecule has 0 spiro atoms. The number of nitro benzene ring substituents is 1. The molecule has 2 rings (SSSR count). The van der Waals surface area contributed by atoms with Crippen molar-refractivity contribution in [2.24, 2.45) is 0 Å². The number of carbonyl (C=O) groups excluding carboxylic acids is 1. The molecule has 0 aromatic heterocycles. The lowest BCUT2D eigenvalue weighted by atomic mass is 10.1. The number of benzene rings is 2. The maximum absolute atomic E-state index is 11.7. The first kappa shape index (κ1) is 23.3. The molecule has 0 saturated carbocycles. The van der Waals surface area contributed by atoms with Crippen molar-refractivity contribution in [3.05, 3.63) is 72.1 Å². The smallest absolute Gasteiger partial charge is 0.332 e. The molecule has 0 bridgehead atoms. The van der Waals surface area contributed by atoms with Crippen LogP contribution in [0.3, 0.4) is 0 Å². The third kappa shape index (κ3) is 7.72. The minimum atomic E-state index is -0.542. The number of rotatable bonds is 7. The highest BCUT2D eigenvalue weighted by atomic mass is 79.9. The van der Waals surface area contributed by atoms with Crippen molar-refractivity contribution >= 4 is 55.7 Å². The summed E-state index contributed by atoms with van der Waals surface area (Å²) in [6.07, 6.45) is 3.66. The SMILES string of the molecule is CC(C)(C)OC(=O)COCc1cc(Br)c(/C=C/c2cccc([N+](=O)[O-])c2)c(Br)c1. The van der Waals surface area contributed by atoms with E-state index in [1.807, 2.05) is 18.2 Å². The first-order valence-electron chi connectivity index (χ1n) is 8.75. The van der Waals surface area contributed by atoms with Crippen LogP contribution < -0.4 is 0 Å². The van der Waals surface area contributed by atoms with Gasteiger partial charge in [0.25, 0.3) is 5.69 Å². The Bertz CT molecular complexity index is 912. The summed E-state index contributed by atoms with van der Waals surface area (Å²) >= 11 is 7.07. The number of carbonyl (C=O) groups is 1. The zero-order chi connectivity index (χ0) is 21.6. The normalized spacial score (nSPS) is 11.6. The summed E-state index contributed by atoms with van der Waals surface area (Å²) in [5, 5.41) is 10.9. The number of non-ortho nitro benzene ring substituents is 1. The van der Waals surface area contributed by atoms with Crippen LogP contribution in [-0.4, -0.2) is 23.1 Å². The molecule has 8 heteroatoms. The minimum absolute atomic E-state index is 0.0442. The zero-order valence-electron chi connectivity index (χ0n) is 16.3. The molecule has 6 nitrogen and oxygen atoms in total. The Morgan fingerprint density at radius 3 is 2.38 bits per heavy atom. The van der Waals surface area contributed by atoms with Crippen molar-refractivity contribution < 1.29 is 19.2 Å². The molecule has 0 fully saturated rings. The van der Waals surface area contributed by atoms with Crippen LogP contribution in [0.1, 0.15) is 37.5 Å². The van der Waals surface area contributed by atoms with Crippen LogP contribution in [0, 0.1) is 10.1 Å². The average molecular weight is 527 g/mol. The van der Waals surface area contributed by atoms with Crippen LogP contribution in [0.2, 0.25) is 0 Å². The maximum Gasteiger partial charge on any atom is 0.332 e. The Balaban J connectivity index is 2.04. The van der Waals surface area contributed by atoms with Gasteiger partial charge in [0.1, 0.15) is 12.2 Å². The predicted octanol–water partition coefficient (Wildman–Crippen LogP) is 6.15. The van der Waals surface area contributed by atoms with Gasteiger partial charge in [-0.1, -0.05) is 56.1 Å². The lowest BCUT2D eigenvalue weighted by Crippen LogP contribution is -2.26. The van der Waals surface area contributed by atoms with Gasteiger partial charge in [-0.15, -0.1) is 0 Å². The summed E-state index contributed by atoms with van der Waals surface area (Å²) in [5.41, 5.74) is 1.98. The van der Waals surface area contributed by atoms with Crippen LogP contribution in [0.5, 0.6) is 0 Å².